The average Bonchev–Trinajstić information content (AvgIpc) is 2.88. The standard InChI is InChI=1S/C14H19ClF3N3/c1-2-21(12-5-3-4-9(12)7-19)13-11(15)6-10(8-20-13)14(16,17)18/h6,8-9,12H,2-5,7,19H2,1H3. The molecule has 2 rings (SSSR count). The molecule has 3 nitrogen and oxygen atoms in total. The van der Waals surface area contributed by atoms with Crippen LogP contribution in [-0.2, 0) is 6.18 Å². The fourth-order valence-electron chi connectivity index (χ4n) is 3.04. The Kier molecular flexibility index (Phi) is 4.99. The first-order valence-corrected chi connectivity index (χ1v) is 7.45. The summed E-state index contributed by atoms with van der Waals surface area (Å²) in [6, 6.07) is 1.14. The molecular weight excluding hydrogens is 303 g/mol. The van der Waals surface area contributed by atoms with Crippen molar-refractivity contribution in [2.24, 2.45) is 11.7 Å². The zero-order chi connectivity index (χ0) is 15.6. The predicted molar refractivity (Wildman–Crippen MR) is 77.5 cm³/mol. The third kappa shape index (κ3) is 3.43. The van der Waals surface area contributed by atoms with Crippen molar-refractivity contribution in [3.05, 3.63) is 22.8 Å². The average molecular weight is 322 g/mol. The Hall–Kier alpha value is -1.01. The Balaban J connectivity index is 2.30. The molecule has 0 amide bonds. The van der Waals surface area contributed by atoms with E-state index < -0.39 is 11.7 Å². The van der Waals surface area contributed by atoms with Crippen molar-refractivity contribution < 1.29 is 13.2 Å². The molecule has 7 heteroatoms. The minimum Gasteiger partial charge on any atom is -0.352 e. The second-order valence-electron chi connectivity index (χ2n) is 5.31. The first-order chi connectivity index (χ1) is 9.88. The summed E-state index contributed by atoms with van der Waals surface area (Å²) >= 11 is 6.04. The van der Waals surface area contributed by atoms with Gasteiger partial charge in [-0.3, -0.25) is 0 Å². The fourth-order valence-corrected chi connectivity index (χ4v) is 3.32. The molecule has 1 aliphatic carbocycles. The number of rotatable bonds is 4. The molecule has 1 heterocycles. The van der Waals surface area contributed by atoms with E-state index in [0.29, 0.717) is 24.8 Å². The molecule has 0 aromatic carbocycles. The number of nitrogens with two attached hydrogens (primary N) is 1. The highest BCUT2D eigenvalue weighted by Gasteiger charge is 2.34. The highest BCUT2D eigenvalue weighted by atomic mass is 35.5. The summed E-state index contributed by atoms with van der Waals surface area (Å²) in [6.45, 7) is 3.15. The molecule has 21 heavy (non-hydrogen) atoms. The van der Waals surface area contributed by atoms with E-state index in [1.54, 1.807) is 0 Å². The molecule has 1 fully saturated rings. The van der Waals surface area contributed by atoms with E-state index >= 15 is 0 Å². The lowest BCUT2D eigenvalue weighted by atomic mass is 10.0. The van der Waals surface area contributed by atoms with Crippen LogP contribution in [0.2, 0.25) is 5.02 Å². The Bertz CT molecular complexity index is 493. The molecule has 2 unspecified atom stereocenters. The lowest BCUT2D eigenvalue weighted by Gasteiger charge is -2.33. The van der Waals surface area contributed by atoms with Gasteiger partial charge in [0.15, 0.2) is 0 Å². The van der Waals surface area contributed by atoms with Gasteiger partial charge in [0.25, 0.3) is 0 Å². The van der Waals surface area contributed by atoms with Gasteiger partial charge in [0.2, 0.25) is 0 Å². The lowest BCUT2D eigenvalue weighted by Crippen LogP contribution is -2.41. The van der Waals surface area contributed by atoms with Crippen LogP contribution >= 0.6 is 11.6 Å². The predicted octanol–water partition coefficient (Wildman–Crippen LogP) is 3.71. The molecule has 0 saturated heterocycles. The monoisotopic (exact) mass is 321 g/mol. The minimum absolute atomic E-state index is 0.0364. The second-order valence-corrected chi connectivity index (χ2v) is 5.71. The Labute approximate surface area is 127 Å². The maximum absolute atomic E-state index is 12.7. The molecule has 0 bridgehead atoms. The summed E-state index contributed by atoms with van der Waals surface area (Å²) in [5, 5.41) is 0.0364. The molecule has 1 aliphatic rings. The van der Waals surface area contributed by atoms with E-state index in [1.807, 2.05) is 11.8 Å². The van der Waals surface area contributed by atoms with Crippen LogP contribution in [0.5, 0.6) is 0 Å². The smallest absolute Gasteiger partial charge is 0.352 e. The number of aromatic nitrogens is 1. The van der Waals surface area contributed by atoms with Gasteiger partial charge in [-0.15, -0.1) is 0 Å². The van der Waals surface area contributed by atoms with Crippen LogP contribution in [-0.4, -0.2) is 24.1 Å². The third-order valence-electron chi connectivity index (χ3n) is 4.08. The van der Waals surface area contributed by atoms with Gasteiger partial charge in [-0.05, 0) is 38.3 Å². The van der Waals surface area contributed by atoms with Crippen LogP contribution in [0.4, 0.5) is 19.0 Å². The van der Waals surface area contributed by atoms with Crippen molar-refractivity contribution in [1.29, 1.82) is 0 Å². The van der Waals surface area contributed by atoms with E-state index in [4.69, 9.17) is 17.3 Å². The number of hydrogen-bond acceptors (Lipinski definition) is 3. The second kappa shape index (κ2) is 6.40. The molecule has 0 radical (unpaired) electrons. The van der Waals surface area contributed by atoms with E-state index in [-0.39, 0.29) is 11.1 Å². The van der Waals surface area contributed by atoms with Crippen LogP contribution in [0, 0.1) is 5.92 Å². The zero-order valence-electron chi connectivity index (χ0n) is 11.8. The summed E-state index contributed by atoms with van der Waals surface area (Å²) in [5.74, 6) is 0.752. The normalized spacial score (nSPS) is 22.6. The van der Waals surface area contributed by atoms with Crippen LogP contribution in [0.3, 0.4) is 0 Å². The third-order valence-corrected chi connectivity index (χ3v) is 4.36. The molecule has 2 N–H and O–H groups in total. The van der Waals surface area contributed by atoms with E-state index in [2.05, 4.69) is 4.98 Å². The van der Waals surface area contributed by atoms with Crippen LogP contribution in [0.1, 0.15) is 31.7 Å². The summed E-state index contributed by atoms with van der Waals surface area (Å²) in [4.78, 5) is 5.94. The van der Waals surface area contributed by atoms with Crippen molar-refractivity contribution in [3.63, 3.8) is 0 Å². The maximum Gasteiger partial charge on any atom is 0.417 e. The molecular formula is C14H19ClF3N3. The molecule has 118 valence electrons. The van der Waals surface area contributed by atoms with Gasteiger partial charge in [-0.1, -0.05) is 18.0 Å². The molecule has 1 saturated carbocycles. The fraction of sp³-hybridized carbons (Fsp3) is 0.643. The van der Waals surface area contributed by atoms with Crippen LogP contribution < -0.4 is 10.6 Å². The molecule has 0 aliphatic heterocycles. The first-order valence-electron chi connectivity index (χ1n) is 7.08. The van der Waals surface area contributed by atoms with Gasteiger partial charge in [-0.2, -0.15) is 13.2 Å². The summed E-state index contributed by atoms with van der Waals surface area (Å²) in [7, 11) is 0. The van der Waals surface area contributed by atoms with E-state index in [0.717, 1.165) is 31.5 Å². The van der Waals surface area contributed by atoms with Gasteiger partial charge in [0.05, 0.1) is 10.6 Å². The van der Waals surface area contributed by atoms with Crippen LogP contribution in [0.15, 0.2) is 12.3 Å². The van der Waals surface area contributed by atoms with Gasteiger partial charge in [0, 0.05) is 18.8 Å². The number of halogens is 4. The number of nitrogens with zero attached hydrogens (tertiary/aromatic N) is 2. The van der Waals surface area contributed by atoms with Crippen molar-refractivity contribution in [2.45, 2.75) is 38.4 Å². The SMILES string of the molecule is CCN(c1ncc(C(F)(F)F)cc1Cl)C1CCCC1CN. The highest BCUT2D eigenvalue weighted by Crippen LogP contribution is 2.37. The molecule has 1 aromatic rings. The number of anilines is 1. The van der Waals surface area contributed by atoms with Crippen molar-refractivity contribution >= 4 is 17.4 Å². The largest absolute Gasteiger partial charge is 0.417 e. The van der Waals surface area contributed by atoms with Crippen molar-refractivity contribution in [3.8, 4) is 0 Å². The summed E-state index contributed by atoms with van der Waals surface area (Å²) in [5.41, 5.74) is 4.96. The molecule has 1 aromatic heterocycles. The van der Waals surface area contributed by atoms with Gasteiger partial charge < -0.3 is 10.6 Å². The summed E-state index contributed by atoms with van der Waals surface area (Å²) in [6.07, 6.45) is -0.512. The quantitative estimate of drug-likeness (QED) is 0.919. The van der Waals surface area contributed by atoms with E-state index in [9.17, 15) is 13.2 Å². The number of alkyl halides is 3. The molecule has 0 spiro atoms. The molecule has 2 atom stereocenters. The maximum atomic E-state index is 12.7. The zero-order valence-corrected chi connectivity index (χ0v) is 12.6. The van der Waals surface area contributed by atoms with Crippen LogP contribution in [0.25, 0.3) is 0 Å². The Morgan fingerprint density at radius 2 is 2.14 bits per heavy atom. The number of pyridine rings is 1. The Morgan fingerprint density at radius 1 is 1.43 bits per heavy atom. The van der Waals surface area contributed by atoms with Crippen molar-refractivity contribution in [2.75, 3.05) is 18.0 Å². The first kappa shape index (κ1) is 16.4. The minimum atomic E-state index is -4.43. The lowest BCUT2D eigenvalue weighted by molar-refractivity contribution is -0.137. The van der Waals surface area contributed by atoms with Gasteiger partial charge in [0.1, 0.15) is 5.82 Å². The van der Waals surface area contributed by atoms with Gasteiger partial charge in [-0.25, -0.2) is 4.98 Å². The topological polar surface area (TPSA) is 42.2 Å². The Morgan fingerprint density at radius 3 is 2.67 bits per heavy atom. The summed E-state index contributed by atoms with van der Waals surface area (Å²) < 4.78 is 38.0. The number of hydrogen-bond donors (Lipinski definition) is 1. The van der Waals surface area contributed by atoms with Gasteiger partial charge >= 0.3 is 6.18 Å². The van der Waals surface area contributed by atoms with Crippen molar-refractivity contribution in [1.82, 2.24) is 4.98 Å². The highest BCUT2D eigenvalue weighted by molar-refractivity contribution is 6.33. The van der Waals surface area contributed by atoms with E-state index in [1.165, 1.54) is 0 Å².